The van der Waals surface area contributed by atoms with E-state index in [9.17, 15) is 9.59 Å². The number of Topliss-reactive ketones (excluding diaryl/α,β-unsaturated/α-hetero) is 1. The Labute approximate surface area is 183 Å². The van der Waals surface area contributed by atoms with Crippen LogP contribution in [0.4, 0.5) is 0 Å². The van der Waals surface area contributed by atoms with Gasteiger partial charge in [0.1, 0.15) is 22.8 Å². The second kappa shape index (κ2) is 9.00. The molecule has 6 nitrogen and oxygen atoms in total. The van der Waals surface area contributed by atoms with E-state index in [1.807, 2.05) is 36.1 Å². The Bertz CT molecular complexity index is 945. The zero-order chi connectivity index (χ0) is 21.8. The van der Waals surface area contributed by atoms with Crippen LogP contribution in [-0.4, -0.2) is 49.0 Å². The van der Waals surface area contributed by atoms with Crippen molar-refractivity contribution in [2.24, 2.45) is 0 Å². The van der Waals surface area contributed by atoms with Crippen LogP contribution in [0.15, 0.2) is 42.5 Å². The summed E-state index contributed by atoms with van der Waals surface area (Å²) in [6.45, 7) is 3.76. The van der Waals surface area contributed by atoms with Crippen LogP contribution < -0.4 is 14.2 Å². The van der Waals surface area contributed by atoms with Crippen LogP contribution in [0.3, 0.4) is 0 Å². The monoisotopic (exact) mass is 423 g/mol. The molecule has 2 aliphatic heterocycles. The van der Waals surface area contributed by atoms with Crippen molar-refractivity contribution in [1.82, 2.24) is 4.90 Å². The third-order valence-corrected chi connectivity index (χ3v) is 6.15. The van der Waals surface area contributed by atoms with E-state index in [0.717, 1.165) is 5.75 Å². The van der Waals surface area contributed by atoms with Crippen molar-refractivity contribution >= 4 is 11.7 Å². The lowest BCUT2D eigenvalue weighted by Crippen LogP contribution is -2.52. The van der Waals surface area contributed by atoms with Gasteiger partial charge in [0.25, 0.3) is 0 Å². The predicted octanol–water partition coefficient (Wildman–Crippen LogP) is 4.19. The van der Waals surface area contributed by atoms with Crippen LogP contribution in [0, 0.1) is 6.92 Å². The molecule has 0 unspecified atom stereocenters. The molecule has 2 heterocycles. The van der Waals surface area contributed by atoms with E-state index in [1.54, 1.807) is 25.3 Å². The Kier molecular flexibility index (Phi) is 6.16. The Hall–Kier alpha value is -3.02. The number of carbonyl (C=O) groups is 2. The van der Waals surface area contributed by atoms with Gasteiger partial charge in [0, 0.05) is 38.4 Å². The van der Waals surface area contributed by atoms with Crippen molar-refractivity contribution in [3.8, 4) is 17.2 Å². The lowest BCUT2D eigenvalue weighted by Gasteiger charge is -2.44. The topological polar surface area (TPSA) is 65.1 Å². The molecule has 0 aliphatic carbocycles. The summed E-state index contributed by atoms with van der Waals surface area (Å²) in [5, 5.41) is 0. The van der Waals surface area contributed by atoms with Gasteiger partial charge in [-0.3, -0.25) is 9.59 Å². The minimum Gasteiger partial charge on any atom is -0.497 e. The summed E-state index contributed by atoms with van der Waals surface area (Å²) < 4.78 is 17.3. The van der Waals surface area contributed by atoms with Gasteiger partial charge in [-0.2, -0.15) is 0 Å². The zero-order valence-corrected chi connectivity index (χ0v) is 18.2. The average molecular weight is 424 g/mol. The number of ether oxygens (including phenoxy) is 3. The lowest BCUT2D eigenvalue weighted by molar-refractivity contribution is -0.135. The van der Waals surface area contributed by atoms with Crippen LogP contribution in [0.25, 0.3) is 0 Å². The number of fused-ring (bicyclic) bond motifs is 1. The Balaban J connectivity index is 1.26. The molecule has 0 radical (unpaired) electrons. The molecular formula is C25H29NO5. The third-order valence-electron chi connectivity index (χ3n) is 6.15. The van der Waals surface area contributed by atoms with Crippen LogP contribution in [0.2, 0.25) is 0 Å². The summed E-state index contributed by atoms with van der Waals surface area (Å²) in [6.07, 6.45) is 2.80. The molecule has 0 bridgehead atoms. The molecule has 1 saturated heterocycles. The molecule has 2 aliphatic rings. The summed E-state index contributed by atoms with van der Waals surface area (Å²) in [6, 6.07) is 13.2. The van der Waals surface area contributed by atoms with E-state index >= 15 is 0 Å². The van der Waals surface area contributed by atoms with Gasteiger partial charge in [0.15, 0.2) is 5.78 Å². The van der Waals surface area contributed by atoms with E-state index < -0.39 is 5.60 Å². The van der Waals surface area contributed by atoms with Crippen molar-refractivity contribution < 1.29 is 23.8 Å². The number of benzene rings is 2. The highest BCUT2D eigenvalue weighted by Crippen LogP contribution is 2.40. The molecule has 1 amide bonds. The highest BCUT2D eigenvalue weighted by atomic mass is 16.5. The number of likely N-dealkylation sites (tertiary alicyclic amines) is 1. The van der Waals surface area contributed by atoms with Crippen molar-refractivity contribution in [2.75, 3.05) is 26.8 Å². The molecule has 31 heavy (non-hydrogen) atoms. The van der Waals surface area contributed by atoms with E-state index in [4.69, 9.17) is 14.2 Å². The first-order valence-corrected chi connectivity index (χ1v) is 10.9. The van der Waals surface area contributed by atoms with Gasteiger partial charge in [-0.05, 0) is 37.6 Å². The Morgan fingerprint density at radius 1 is 1.10 bits per heavy atom. The number of hydrogen-bond acceptors (Lipinski definition) is 5. The summed E-state index contributed by atoms with van der Waals surface area (Å²) in [7, 11) is 1.60. The summed E-state index contributed by atoms with van der Waals surface area (Å²) in [4.78, 5) is 27.2. The van der Waals surface area contributed by atoms with E-state index in [1.165, 1.54) is 5.56 Å². The highest BCUT2D eigenvalue weighted by Gasteiger charge is 2.43. The fourth-order valence-electron chi connectivity index (χ4n) is 4.25. The maximum absolute atomic E-state index is 12.7. The molecule has 6 heteroatoms. The van der Waals surface area contributed by atoms with Gasteiger partial charge in [-0.1, -0.05) is 17.7 Å². The van der Waals surface area contributed by atoms with Gasteiger partial charge >= 0.3 is 0 Å². The third kappa shape index (κ3) is 4.84. The SMILES string of the molecule is COc1ccc2c(c1)OC1(CCN(C(=O)CCCOc3ccc(C)cc3)CC1)CC2=O. The smallest absolute Gasteiger partial charge is 0.222 e. The van der Waals surface area contributed by atoms with Gasteiger partial charge in [-0.25, -0.2) is 0 Å². The standard InChI is InChI=1S/C25H29NO5/c1-18-5-7-19(8-6-18)30-15-3-4-24(28)26-13-11-25(12-14-26)17-22(27)21-10-9-20(29-2)16-23(21)31-25/h5-10,16H,3-4,11-15,17H2,1-2H3. The molecule has 2 aromatic carbocycles. The number of aryl methyl sites for hydroxylation is 1. The first-order valence-electron chi connectivity index (χ1n) is 10.9. The molecule has 0 saturated carbocycles. The number of amides is 1. The Morgan fingerprint density at radius 3 is 2.52 bits per heavy atom. The number of nitrogens with zero attached hydrogens (tertiary/aromatic N) is 1. The fraction of sp³-hybridized carbons (Fsp3) is 0.440. The molecule has 1 spiro atoms. The van der Waals surface area contributed by atoms with Crippen molar-refractivity contribution in [1.29, 1.82) is 0 Å². The van der Waals surface area contributed by atoms with Crippen LogP contribution in [0.1, 0.15) is 48.0 Å². The van der Waals surface area contributed by atoms with Crippen LogP contribution in [0.5, 0.6) is 17.2 Å². The first kappa shape index (κ1) is 21.2. The maximum atomic E-state index is 12.7. The van der Waals surface area contributed by atoms with E-state index in [2.05, 4.69) is 0 Å². The lowest BCUT2D eigenvalue weighted by atomic mass is 9.82. The molecule has 4 rings (SSSR count). The largest absolute Gasteiger partial charge is 0.497 e. The molecule has 2 aromatic rings. The fourth-order valence-corrected chi connectivity index (χ4v) is 4.25. The van der Waals surface area contributed by atoms with Gasteiger partial charge in [-0.15, -0.1) is 0 Å². The number of carbonyl (C=O) groups excluding carboxylic acids is 2. The number of rotatable bonds is 6. The van der Waals surface area contributed by atoms with E-state index in [0.29, 0.717) is 68.9 Å². The Morgan fingerprint density at radius 2 is 1.81 bits per heavy atom. The average Bonchev–Trinajstić information content (AvgIpc) is 2.77. The van der Waals surface area contributed by atoms with Gasteiger partial charge < -0.3 is 19.1 Å². The molecular weight excluding hydrogens is 394 g/mol. The predicted molar refractivity (Wildman–Crippen MR) is 117 cm³/mol. The minimum atomic E-state index is -0.526. The molecule has 164 valence electrons. The second-order valence-corrected chi connectivity index (χ2v) is 8.39. The highest BCUT2D eigenvalue weighted by molar-refractivity contribution is 6.00. The summed E-state index contributed by atoms with van der Waals surface area (Å²) in [5.74, 6) is 2.31. The van der Waals surface area contributed by atoms with Crippen molar-refractivity contribution in [3.05, 3.63) is 53.6 Å². The first-order chi connectivity index (χ1) is 15.0. The number of ketones is 1. The number of hydrogen-bond donors (Lipinski definition) is 0. The number of piperidine rings is 1. The second-order valence-electron chi connectivity index (χ2n) is 8.39. The number of methoxy groups -OCH3 is 1. The van der Waals surface area contributed by atoms with Gasteiger partial charge in [0.05, 0.1) is 25.7 Å². The molecule has 0 aromatic heterocycles. The van der Waals surface area contributed by atoms with E-state index in [-0.39, 0.29) is 11.7 Å². The summed E-state index contributed by atoms with van der Waals surface area (Å²) in [5.41, 5.74) is 1.28. The minimum absolute atomic E-state index is 0.0944. The maximum Gasteiger partial charge on any atom is 0.222 e. The van der Waals surface area contributed by atoms with Crippen molar-refractivity contribution in [2.45, 2.75) is 44.6 Å². The van der Waals surface area contributed by atoms with Gasteiger partial charge in [0.2, 0.25) is 5.91 Å². The van der Waals surface area contributed by atoms with Crippen molar-refractivity contribution in [3.63, 3.8) is 0 Å². The normalized spacial score (nSPS) is 17.1. The zero-order valence-electron chi connectivity index (χ0n) is 18.2. The molecule has 0 atom stereocenters. The van der Waals surface area contributed by atoms with Crippen LogP contribution in [-0.2, 0) is 4.79 Å². The molecule has 0 N–H and O–H groups in total. The quantitative estimate of drug-likeness (QED) is 0.652. The molecule has 1 fully saturated rings. The van der Waals surface area contributed by atoms with Crippen LogP contribution >= 0.6 is 0 Å². The summed E-state index contributed by atoms with van der Waals surface area (Å²) >= 11 is 0.